The molecule has 2 aromatic carbocycles. The standard InChI is InChI=1S/C18H19Cl2NO3/c1-22-17-7-11-5-6-21-15(13(11)9-18(17)23-2)10-24-16-8-12(19)3-4-14(16)20/h3-4,7-9,15,21H,5-6,10H2,1-2H3. The van der Waals surface area contributed by atoms with Crippen LogP contribution in [0.5, 0.6) is 17.2 Å². The van der Waals surface area contributed by atoms with E-state index < -0.39 is 0 Å². The molecule has 1 atom stereocenters. The van der Waals surface area contributed by atoms with Gasteiger partial charge in [0.1, 0.15) is 12.4 Å². The van der Waals surface area contributed by atoms with Gasteiger partial charge in [0.05, 0.1) is 25.3 Å². The minimum atomic E-state index is 0.0450. The summed E-state index contributed by atoms with van der Waals surface area (Å²) in [5.74, 6) is 2.04. The van der Waals surface area contributed by atoms with Gasteiger partial charge in [0.15, 0.2) is 11.5 Å². The maximum atomic E-state index is 6.16. The third-order valence-corrected chi connectivity index (χ3v) is 4.65. The highest BCUT2D eigenvalue weighted by molar-refractivity contribution is 6.34. The summed E-state index contributed by atoms with van der Waals surface area (Å²) in [4.78, 5) is 0. The number of rotatable bonds is 5. The quantitative estimate of drug-likeness (QED) is 0.855. The summed E-state index contributed by atoms with van der Waals surface area (Å²) in [5.41, 5.74) is 2.38. The van der Waals surface area contributed by atoms with Crippen molar-refractivity contribution in [1.29, 1.82) is 0 Å². The first-order valence-corrected chi connectivity index (χ1v) is 8.44. The van der Waals surface area contributed by atoms with Crippen LogP contribution in [0.3, 0.4) is 0 Å². The van der Waals surface area contributed by atoms with Gasteiger partial charge < -0.3 is 19.5 Å². The Kier molecular flexibility index (Phi) is 5.39. The van der Waals surface area contributed by atoms with Gasteiger partial charge in [-0.2, -0.15) is 0 Å². The van der Waals surface area contributed by atoms with Crippen LogP contribution in [0.2, 0.25) is 10.0 Å². The number of nitrogens with one attached hydrogen (secondary N) is 1. The number of hydrogen-bond donors (Lipinski definition) is 1. The molecule has 0 radical (unpaired) electrons. The van der Waals surface area contributed by atoms with Crippen LogP contribution < -0.4 is 19.5 Å². The molecule has 0 amide bonds. The normalized spacial score (nSPS) is 16.4. The van der Waals surface area contributed by atoms with Gasteiger partial charge in [0.2, 0.25) is 0 Å². The molecule has 0 aromatic heterocycles. The Morgan fingerprint density at radius 2 is 1.79 bits per heavy atom. The summed E-state index contributed by atoms with van der Waals surface area (Å²) in [7, 11) is 3.28. The molecule has 3 rings (SSSR count). The fourth-order valence-corrected chi connectivity index (χ4v) is 3.21. The summed E-state index contributed by atoms with van der Waals surface area (Å²) < 4.78 is 16.7. The molecular weight excluding hydrogens is 349 g/mol. The fourth-order valence-electron chi connectivity index (χ4n) is 2.88. The van der Waals surface area contributed by atoms with Gasteiger partial charge in [0.25, 0.3) is 0 Å². The lowest BCUT2D eigenvalue weighted by molar-refractivity contribution is 0.260. The summed E-state index contributed by atoms with van der Waals surface area (Å²) >= 11 is 12.2. The van der Waals surface area contributed by atoms with Gasteiger partial charge in [-0.05, 0) is 48.4 Å². The topological polar surface area (TPSA) is 39.7 Å². The van der Waals surface area contributed by atoms with E-state index in [9.17, 15) is 0 Å². The predicted molar refractivity (Wildman–Crippen MR) is 96.0 cm³/mol. The zero-order chi connectivity index (χ0) is 17.1. The van der Waals surface area contributed by atoms with Crippen molar-refractivity contribution >= 4 is 23.2 Å². The van der Waals surface area contributed by atoms with E-state index in [1.54, 1.807) is 32.4 Å². The predicted octanol–water partition coefficient (Wildman–Crippen LogP) is 4.28. The first kappa shape index (κ1) is 17.2. The summed E-state index contributed by atoms with van der Waals surface area (Å²) in [6.07, 6.45) is 0.935. The van der Waals surface area contributed by atoms with E-state index in [0.29, 0.717) is 28.2 Å². The molecule has 0 saturated heterocycles. The first-order valence-electron chi connectivity index (χ1n) is 7.68. The molecule has 1 aliphatic rings. The molecule has 1 aliphatic heterocycles. The number of hydrogen-bond acceptors (Lipinski definition) is 4. The van der Waals surface area contributed by atoms with Crippen LogP contribution in [0.25, 0.3) is 0 Å². The number of ether oxygens (including phenoxy) is 3. The molecule has 0 spiro atoms. The molecular formula is C18H19Cl2NO3. The lowest BCUT2D eigenvalue weighted by atomic mass is 9.94. The van der Waals surface area contributed by atoms with E-state index in [1.807, 2.05) is 12.1 Å². The van der Waals surface area contributed by atoms with E-state index in [-0.39, 0.29) is 6.04 Å². The number of benzene rings is 2. The summed E-state index contributed by atoms with van der Waals surface area (Å²) in [6, 6.07) is 9.28. The molecule has 1 heterocycles. The Balaban J connectivity index is 1.83. The average molecular weight is 368 g/mol. The number of methoxy groups -OCH3 is 2. The molecule has 1 unspecified atom stereocenters. The molecule has 0 aliphatic carbocycles. The van der Waals surface area contributed by atoms with Crippen molar-refractivity contribution in [2.24, 2.45) is 0 Å². The zero-order valence-electron chi connectivity index (χ0n) is 13.6. The highest BCUT2D eigenvalue weighted by Gasteiger charge is 2.23. The molecule has 0 saturated carbocycles. The maximum absolute atomic E-state index is 6.16. The smallest absolute Gasteiger partial charge is 0.161 e. The Morgan fingerprint density at radius 3 is 2.54 bits per heavy atom. The molecule has 128 valence electrons. The molecule has 0 bridgehead atoms. The van der Waals surface area contributed by atoms with E-state index in [1.165, 1.54) is 5.56 Å². The first-order chi connectivity index (χ1) is 11.6. The number of halogens is 2. The average Bonchev–Trinajstić information content (AvgIpc) is 2.61. The fraction of sp³-hybridized carbons (Fsp3) is 0.333. The van der Waals surface area contributed by atoms with Gasteiger partial charge in [-0.25, -0.2) is 0 Å². The van der Waals surface area contributed by atoms with Crippen LogP contribution in [0.15, 0.2) is 30.3 Å². The Morgan fingerprint density at radius 1 is 1.04 bits per heavy atom. The van der Waals surface area contributed by atoms with Crippen LogP contribution in [-0.2, 0) is 6.42 Å². The molecule has 0 fully saturated rings. The van der Waals surface area contributed by atoms with Gasteiger partial charge in [-0.1, -0.05) is 23.2 Å². The van der Waals surface area contributed by atoms with Crippen molar-refractivity contribution in [3.63, 3.8) is 0 Å². The molecule has 6 heteroatoms. The van der Waals surface area contributed by atoms with Crippen molar-refractivity contribution in [3.8, 4) is 17.2 Å². The largest absolute Gasteiger partial charge is 0.493 e. The van der Waals surface area contributed by atoms with Crippen LogP contribution in [0, 0.1) is 0 Å². The summed E-state index contributed by atoms with van der Waals surface area (Å²) in [5, 5.41) is 4.61. The second kappa shape index (κ2) is 7.51. The molecule has 24 heavy (non-hydrogen) atoms. The van der Waals surface area contributed by atoms with Crippen LogP contribution in [0.4, 0.5) is 0 Å². The zero-order valence-corrected chi connectivity index (χ0v) is 15.1. The second-order valence-corrected chi connectivity index (χ2v) is 6.39. The SMILES string of the molecule is COc1cc2c(cc1OC)C(COc1cc(Cl)ccc1Cl)NCC2. The third-order valence-electron chi connectivity index (χ3n) is 4.10. The lowest BCUT2D eigenvalue weighted by Gasteiger charge is -2.28. The van der Waals surface area contributed by atoms with Crippen LogP contribution >= 0.6 is 23.2 Å². The Bertz CT molecular complexity index is 736. The van der Waals surface area contributed by atoms with E-state index >= 15 is 0 Å². The van der Waals surface area contributed by atoms with Crippen LogP contribution in [-0.4, -0.2) is 27.4 Å². The summed E-state index contributed by atoms with van der Waals surface area (Å²) in [6.45, 7) is 1.32. The Hall–Kier alpha value is -1.62. The van der Waals surface area contributed by atoms with Crippen molar-refractivity contribution in [1.82, 2.24) is 5.32 Å². The third kappa shape index (κ3) is 3.56. The van der Waals surface area contributed by atoms with E-state index in [2.05, 4.69) is 5.32 Å². The van der Waals surface area contributed by atoms with Gasteiger partial charge in [-0.15, -0.1) is 0 Å². The van der Waals surface area contributed by atoms with Crippen molar-refractivity contribution in [2.45, 2.75) is 12.5 Å². The highest BCUT2D eigenvalue weighted by Crippen LogP contribution is 2.36. The Labute approximate surface area is 151 Å². The van der Waals surface area contributed by atoms with Gasteiger partial charge in [-0.3, -0.25) is 0 Å². The van der Waals surface area contributed by atoms with Gasteiger partial charge in [0, 0.05) is 11.1 Å². The van der Waals surface area contributed by atoms with E-state index in [4.69, 9.17) is 37.4 Å². The van der Waals surface area contributed by atoms with Crippen LogP contribution in [0.1, 0.15) is 17.2 Å². The molecule has 1 N–H and O–H groups in total. The van der Waals surface area contributed by atoms with E-state index in [0.717, 1.165) is 24.3 Å². The molecule has 4 nitrogen and oxygen atoms in total. The monoisotopic (exact) mass is 367 g/mol. The van der Waals surface area contributed by atoms with Gasteiger partial charge >= 0.3 is 0 Å². The highest BCUT2D eigenvalue weighted by atomic mass is 35.5. The lowest BCUT2D eigenvalue weighted by Crippen LogP contribution is -2.33. The minimum absolute atomic E-state index is 0.0450. The van der Waals surface area contributed by atoms with Crippen molar-refractivity contribution < 1.29 is 14.2 Å². The second-order valence-electron chi connectivity index (χ2n) is 5.55. The van der Waals surface area contributed by atoms with Crippen molar-refractivity contribution in [2.75, 3.05) is 27.4 Å². The minimum Gasteiger partial charge on any atom is -0.493 e. The molecule has 2 aromatic rings. The maximum Gasteiger partial charge on any atom is 0.161 e. The number of fused-ring (bicyclic) bond motifs is 1. The van der Waals surface area contributed by atoms with Crippen molar-refractivity contribution in [3.05, 3.63) is 51.5 Å².